The van der Waals surface area contributed by atoms with Gasteiger partial charge < -0.3 is 19.4 Å². The van der Waals surface area contributed by atoms with Crippen molar-refractivity contribution in [1.29, 1.82) is 0 Å². The molecule has 0 bridgehead atoms. The molecule has 35 heavy (non-hydrogen) atoms. The van der Waals surface area contributed by atoms with Gasteiger partial charge in [0.05, 0.1) is 24.2 Å². The van der Waals surface area contributed by atoms with Gasteiger partial charge in [0.1, 0.15) is 5.75 Å². The molecular weight excluding hydrogens is 448 g/mol. The maximum absolute atomic E-state index is 13.0. The Kier molecular flexibility index (Phi) is 7.25. The largest absolute Gasteiger partial charge is 0.491 e. The molecule has 0 unspecified atom stereocenters. The molecular formula is C26H32N4O5. The SMILES string of the molecule is CCn1c(=O)oc2cc(NC(=O)CN3CCN(C(C)=O)C[C@H]3c3ccc(OC(C)C)cc3)ccc21. The Morgan fingerprint density at radius 2 is 1.89 bits per heavy atom. The molecule has 1 aliphatic heterocycles. The zero-order valence-electron chi connectivity index (χ0n) is 20.6. The lowest BCUT2D eigenvalue weighted by atomic mass is 10.0. The highest BCUT2D eigenvalue weighted by molar-refractivity contribution is 5.94. The molecule has 0 aliphatic carbocycles. The minimum absolute atomic E-state index is 0.0210. The van der Waals surface area contributed by atoms with Gasteiger partial charge in [0, 0.05) is 44.9 Å². The molecule has 1 atom stereocenters. The fourth-order valence-electron chi connectivity index (χ4n) is 4.48. The summed E-state index contributed by atoms with van der Waals surface area (Å²) < 4.78 is 12.6. The molecule has 0 radical (unpaired) electrons. The summed E-state index contributed by atoms with van der Waals surface area (Å²) in [6, 6.07) is 12.9. The van der Waals surface area contributed by atoms with Crippen LogP contribution < -0.4 is 15.8 Å². The first-order chi connectivity index (χ1) is 16.7. The van der Waals surface area contributed by atoms with Gasteiger partial charge in [-0.15, -0.1) is 0 Å². The predicted molar refractivity (Wildman–Crippen MR) is 134 cm³/mol. The summed E-state index contributed by atoms with van der Waals surface area (Å²) in [7, 11) is 0. The summed E-state index contributed by atoms with van der Waals surface area (Å²) in [6.07, 6.45) is 0.0803. The zero-order chi connectivity index (χ0) is 25.1. The first-order valence-electron chi connectivity index (χ1n) is 11.9. The topological polar surface area (TPSA) is 97.0 Å². The van der Waals surface area contributed by atoms with E-state index in [1.54, 1.807) is 25.1 Å². The number of aromatic nitrogens is 1. The van der Waals surface area contributed by atoms with E-state index in [-0.39, 0.29) is 30.5 Å². The van der Waals surface area contributed by atoms with E-state index in [1.165, 1.54) is 4.57 Å². The highest BCUT2D eigenvalue weighted by Gasteiger charge is 2.30. The first-order valence-corrected chi connectivity index (χ1v) is 11.9. The number of anilines is 1. The molecule has 186 valence electrons. The molecule has 9 nitrogen and oxygen atoms in total. The van der Waals surface area contributed by atoms with Crippen LogP contribution in [0.25, 0.3) is 11.1 Å². The van der Waals surface area contributed by atoms with Crippen molar-refractivity contribution >= 4 is 28.6 Å². The smallest absolute Gasteiger partial charge is 0.419 e. The van der Waals surface area contributed by atoms with Gasteiger partial charge in [-0.3, -0.25) is 19.1 Å². The van der Waals surface area contributed by atoms with Crippen molar-refractivity contribution in [2.75, 3.05) is 31.5 Å². The van der Waals surface area contributed by atoms with E-state index in [0.29, 0.717) is 43.0 Å². The van der Waals surface area contributed by atoms with Crippen LogP contribution in [0.5, 0.6) is 5.75 Å². The molecule has 2 heterocycles. The summed E-state index contributed by atoms with van der Waals surface area (Å²) >= 11 is 0. The fraction of sp³-hybridized carbons (Fsp3) is 0.423. The molecule has 2 aromatic carbocycles. The summed E-state index contributed by atoms with van der Waals surface area (Å²) in [4.78, 5) is 40.9. The number of amides is 2. The summed E-state index contributed by atoms with van der Waals surface area (Å²) in [5, 5.41) is 2.91. The van der Waals surface area contributed by atoms with Crippen LogP contribution in [-0.2, 0) is 16.1 Å². The van der Waals surface area contributed by atoms with Crippen LogP contribution >= 0.6 is 0 Å². The Hall–Kier alpha value is -3.59. The number of rotatable bonds is 7. The highest BCUT2D eigenvalue weighted by atomic mass is 16.5. The number of carbonyl (C=O) groups is 2. The second-order valence-corrected chi connectivity index (χ2v) is 9.03. The van der Waals surface area contributed by atoms with E-state index in [4.69, 9.17) is 9.15 Å². The molecule has 1 N–H and O–H groups in total. The normalized spacial score (nSPS) is 16.6. The van der Waals surface area contributed by atoms with E-state index < -0.39 is 5.76 Å². The molecule has 1 fully saturated rings. The van der Waals surface area contributed by atoms with Crippen molar-refractivity contribution in [2.24, 2.45) is 0 Å². The van der Waals surface area contributed by atoms with Gasteiger partial charge in [-0.2, -0.15) is 0 Å². The number of ether oxygens (including phenoxy) is 1. The van der Waals surface area contributed by atoms with Gasteiger partial charge in [-0.25, -0.2) is 4.79 Å². The molecule has 2 amide bonds. The van der Waals surface area contributed by atoms with Crippen molar-refractivity contribution in [3.63, 3.8) is 0 Å². The molecule has 9 heteroatoms. The van der Waals surface area contributed by atoms with Gasteiger partial charge >= 0.3 is 5.76 Å². The number of benzene rings is 2. The lowest BCUT2D eigenvalue weighted by molar-refractivity contribution is -0.132. The second-order valence-electron chi connectivity index (χ2n) is 9.03. The number of aryl methyl sites for hydroxylation is 1. The summed E-state index contributed by atoms with van der Waals surface area (Å²) in [5.74, 6) is 0.212. The molecule has 1 aromatic heterocycles. The van der Waals surface area contributed by atoms with Crippen LogP contribution in [0.1, 0.15) is 39.3 Å². The second kappa shape index (κ2) is 10.4. The van der Waals surface area contributed by atoms with E-state index in [1.807, 2.05) is 49.9 Å². The van der Waals surface area contributed by atoms with Crippen LogP contribution in [0.15, 0.2) is 51.7 Å². The van der Waals surface area contributed by atoms with Crippen LogP contribution in [0.3, 0.4) is 0 Å². The van der Waals surface area contributed by atoms with Crippen molar-refractivity contribution in [3.8, 4) is 5.75 Å². The third-order valence-corrected chi connectivity index (χ3v) is 6.19. The fourth-order valence-corrected chi connectivity index (χ4v) is 4.48. The van der Waals surface area contributed by atoms with Gasteiger partial charge in [-0.1, -0.05) is 12.1 Å². The highest BCUT2D eigenvalue weighted by Crippen LogP contribution is 2.28. The number of piperazine rings is 1. The molecule has 3 aromatic rings. The number of oxazole rings is 1. The summed E-state index contributed by atoms with van der Waals surface area (Å²) in [6.45, 7) is 9.72. The number of nitrogens with one attached hydrogen (secondary N) is 1. The van der Waals surface area contributed by atoms with Gasteiger partial charge in [0.25, 0.3) is 0 Å². The number of nitrogens with zero attached hydrogens (tertiary/aromatic N) is 3. The molecule has 4 rings (SSSR count). The Balaban J connectivity index is 1.49. The monoisotopic (exact) mass is 480 g/mol. The molecule has 1 saturated heterocycles. The van der Waals surface area contributed by atoms with Crippen LogP contribution in [0.2, 0.25) is 0 Å². The Morgan fingerprint density at radius 3 is 2.54 bits per heavy atom. The Labute approximate surface area is 204 Å². The first kappa shape index (κ1) is 24.5. The molecule has 0 saturated carbocycles. The lowest BCUT2D eigenvalue weighted by Crippen LogP contribution is -2.51. The minimum Gasteiger partial charge on any atom is -0.491 e. The van der Waals surface area contributed by atoms with E-state index in [9.17, 15) is 14.4 Å². The average Bonchev–Trinajstić information content (AvgIpc) is 3.13. The van der Waals surface area contributed by atoms with Crippen molar-refractivity contribution in [3.05, 3.63) is 58.6 Å². The average molecular weight is 481 g/mol. The summed E-state index contributed by atoms with van der Waals surface area (Å²) in [5.41, 5.74) is 2.71. The third kappa shape index (κ3) is 5.57. The Bertz CT molecular complexity index is 1260. The van der Waals surface area contributed by atoms with Crippen LogP contribution in [0.4, 0.5) is 5.69 Å². The zero-order valence-corrected chi connectivity index (χ0v) is 20.6. The van der Waals surface area contributed by atoms with Gasteiger partial charge in [-0.05, 0) is 50.6 Å². The van der Waals surface area contributed by atoms with E-state index in [2.05, 4.69) is 10.2 Å². The van der Waals surface area contributed by atoms with Crippen LogP contribution in [0, 0.1) is 0 Å². The molecule has 0 spiro atoms. The lowest BCUT2D eigenvalue weighted by Gasteiger charge is -2.41. The number of hydrogen-bond acceptors (Lipinski definition) is 6. The molecule has 1 aliphatic rings. The predicted octanol–water partition coefficient (Wildman–Crippen LogP) is 3.25. The maximum atomic E-state index is 13.0. The standard InChI is InChI=1S/C26H32N4O5/c1-5-30-22-11-8-20(14-24(22)35-26(30)33)27-25(32)16-29-13-12-28(18(4)31)15-23(29)19-6-9-21(10-7-19)34-17(2)3/h6-11,14,17,23H,5,12-13,15-16H2,1-4H3,(H,27,32)/t23-/m0/s1. The van der Waals surface area contributed by atoms with Gasteiger partial charge in [0.15, 0.2) is 5.58 Å². The Morgan fingerprint density at radius 1 is 1.14 bits per heavy atom. The van der Waals surface area contributed by atoms with Crippen LogP contribution in [-0.4, -0.2) is 58.5 Å². The van der Waals surface area contributed by atoms with Crippen molar-refractivity contribution < 1.29 is 18.7 Å². The number of fused-ring (bicyclic) bond motifs is 1. The van der Waals surface area contributed by atoms with Crippen molar-refractivity contribution in [1.82, 2.24) is 14.4 Å². The number of hydrogen-bond donors (Lipinski definition) is 1. The number of carbonyl (C=O) groups excluding carboxylic acids is 2. The quantitative estimate of drug-likeness (QED) is 0.558. The maximum Gasteiger partial charge on any atom is 0.419 e. The van der Waals surface area contributed by atoms with E-state index in [0.717, 1.165) is 11.3 Å². The minimum atomic E-state index is -0.415. The van der Waals surface area contributed by atoms with E-state index >= 15 is 0 Å². The third-order valence-electron chi connectivity index (χ3n) is 6.19. The van der Waals surface area contributed by atoms with Crippen molar-refractivity contribution in [2.45, 2.75) is 46.4 Å². The van der Waals surface area contributed by atoms with Gasteiger partial charge in [0.2, 0.25) is 11.8 Å².